The summed E-state index contributed by atoms with van der Waals surface area (Å²) in [5.74, 6) is -0.356. The number of amides is 1. The van der Waals surface area contributed by atoms with E-state index < -0.39 is 11.9 Å². The van der Waals surface area contributed by atoms with E-state index in [9.17, 15) is 9.59 Å². The Morgan fingerprint density at radius 1 is 1.22 bits per heavy atom. The Bertz CT molecular complexity index is 572. The summed E-state index contributed by atoms with van der Waals surface area (Å²) < 4.78 is 11.0. The molecule has 126 valence electrons. The molecule has 1 fully saturated rings. The summed E-state index contributed by atoms with van der Waals surface area (Å²) in [5, 5.41) is 9.14. The van der Waals surface area contributed by atoms with Gasteiger partial charge in [0.1, 0.15) is 0 Å². The lowest BCUT2D eigenvalue weighted by Gasteiger charge is -2.30. The molecule has 1 N–H and O–H groups in total. The lowest BCUT2D eigenvalue weighted by molar-refractivity contribution is -0.143. The van der Waals surface area contributed by atoms with Crippen LogP contribution in [-0.2, 0) is 4.79 Å². The highest BCUT2D eigenvalue weighted by Crippen LogP contribution is 2.29. The predicted octanol–water partition coefficient (Wildman–Crippen LogP) is 2.42. The van der Waals surface area contributed by atoms with Gasteiger partial charge in [-0.15, -0.1) is 0 Å². The van der Waals surface area contributed by atoms with Gasteiger partial charge in [0.05, 0.1) is 19.1 Å². The van der Waals surface area contributed by atoms with Crippen molar-refractivity contribution in [3.63, 3.8) is 0 Å². The van der Waals surface area contributed by atoms with E-state index in [2.05, 4.69) is 0 Å². The minimum absolute atomic E-state index is 0.167. The van der Waals surface area contributed by atoms with Crippen LogP contribution in [0.5, 0.6) is 11.5 Å². The minimum Gasteiger partial charge on any atom is -0.490 e. The fourth-order valence-electron chi connectivity index (χ4n) is 2.73. The van der Waals surface area contributed by atoms with E-state index in [1.54, 1.807) is 23.1 Å². The number of nitrogens with zero attached hydrogens (tertiary/aromatic N) is 1. The van der Waals surface area contributed by atoms with E-state index in [4.69, 9.17) is 14.6 Å². The fourth-order valence-corrected chi connectivity index (χ4v) is 2.73. The van der Waals surface area contributed by atoms with Crippen molar-refractivity contribution in [1.82, 2.24) is 4.90 Å². The second-order valence-electron chi connectivity index (χ2n) is 5.46. The Morgan fingerprint density at radius 2 is 1.91 bits per heavy atom. The van der Waals surface area contributed by atoms with Crippen molar-refractivity contribution in [3.05, 3.63) is 23.8 Å². The van der Waals surface area contributed by atoms with Gasteiger partial charge < -0.3 is 19.5 Å². The van der Waals surface area contributed by atoms with Crippen LogP contribution >= 0.6 is 0 Å². The summed E-state index contributed by atoms with van der Waals surface area (Å²) >= 11 is 0. The molecule has 1 atom stereocenters. The molecule has 6 nitrogen and oxygen atoms in total. The van der Waals surface area contributed by atoms with Gasteiger partial charge in [-0.25, -0.2) is 0 Å². The first kappa shape index (κ1) is 17.1. The molecule has 1 aromatic rings. The van der Waals surface area contributed by atoms with Crippen LogP contribution in [0.15, 0.2) is 18.2 Å². The highest BCUT2D eigenvalue weighted by Gasteiger charge is 2.29. The van der Waals surface area contributed by atoms with E-state index in [0.29, 0.717) is 49.7 Å². The van der Waals surface area contributed by atoms with Crippen molar-refractivity contribution < 1.29 is 24.2 Å². The summed E-state index contributed by atoms with van der Waals surface area (Å²) in [6.45, 7) is 5.58. The number of carboxylic acid groups (broad SMARTS) is 1. The number of carbonyl (C=O) groups excluding carboxylic acids is 1. The van der Waals surface area contributed by atoms with E-state index >= 15 is 0 Å². The maximum Gasteiger partial charge on any atom is 0.308 e. The lowest BCUT2D eigenvalue weighted by atomic mass is 9.97. The molecule has 0 saturated carbocycles. The van der Waals surface area contributed by atoms with Crippen LogP contribution in [-0.4, -0.2) is 48.2 Å². The summed E-state index contributed by atoms with van der Waals surface area (Å²) in [4.78, 5) is 25.4. The number of ether oxygens (including phenoxy) is 2. The molecule has 1 aromatic carbocycles. The van der Waals surface area contributed by atoms with Crippen molar-refractivity contribution >= 4 is 11.9 Å². The molecule has 0 spiro atoms. The summed E-state index contributed by atoms with van der Waals surface area (Å²) in [6.07, 6.45) is 1.32. The van der Waals surface area contributed by atoms with Crippen LogP contribution in [0.25, 0.3) is 0 Å². The van der Waals surface area contributed by atoms with E-state index in [-0.39, 0.29) is 12.5 Å². The zero-order valence-corrected chi connectivity index (χ0v) is 13.6. The average Bonchev–Trinajstić information content (AvgIpc) is 2.56. The number of piperidine rings is 1. The van der Waals surface area contributed by atoms with Gasteiger partial charge in [0.2, 0.25) is 0 Å². The van der Waals surface area contributed by atoms with Crippen molar-refractivity contribution in [1.29, 1.82) is 0 Å². The Labute approximate surface area is 136 Å². The minimum atomic E-state index is -0.843. The summed E-state index contributed by atoms with van der Waals surface area (Å²) in [6, 6.07) is 5.09. The fraction of sp³-hybridized carbons (Fsp3) is 0.529. The first-order valence-electron chi connectivity index (χ1n) is 7.98. The van der Waals surface area contributed by atoms with E-state index in [0.717, 1.165) is 0 Å². The van der Waals surface area contributed by atoms with E-state index in [1.807, 2.05) is 13.8 Å². The normalized spacial score (nSPS) is 17.7. The number of hydrogen-bond donors (Lipinski definition) is 1. The number of carbonyl (C=O) groups is 2. The molecular formula is C17H23NO5. The van der Waals surface area contributed by atoms with E-state index in [1.165, 1.54) is 0 Å². The van der Waals surface area contributed by atoms with Crippen molar-refractivity contribution in [2.24, 2.45) is 5.92 Å². The number of rotatable bonds is 6. The number of carboxylic acids is 1. The lowest BCUT2D eigenvalue weighted by Crippen LogP contribution is -2.42. The van der Waals surface area contributed by atoms with Gasteiger partial charge in [-0.1, -0.05) is 0 Å². The smallest absolute Gasteiger partial charge is 0.308 e. The Balaban J connectivity index is 2.18. The molecule has 2 rings (SSSR count). The molecular weight excluding hydrogens is 298 g/mol. The number of benzene rings is 1. The standard InChI is InChI=1S/C17H23NO5/c1-3-22-14-8-7-12(10-15(14)23-4-2)16(19)18-9-5-6-13(11-18)17(20)21/h7-8,10,13H,3-6,9,11H2,1-2H3,(H,20,21)/t13-/m0/s1. The van der Waals surface area contributed by atoms with Gasteiger partial charge in [-0.3, -0.25) is 9.59 Å². The van der Waals surface area contributed by atoms with Crippen LogP contribution in [0.2, 0.25) is 0 Å². The monoisotopic (exact) mass is 321 g/mol. The van der Waals surface area contributed by atoms with Crippen LogP contribution < -0.4 is 9.47 Å². The van der Waals surface area contributed by atoms with Gasteiger partial charge in [0.15, 0.2) is 11.5 Å². The first-order valence-corrected chi connectivity index (χ1v) is 7.98. The molecule has 1 saturated heterocycles. The molecule has 0 radical (unpaired) electrons. The van der Waals surface area contributed by atoms with Crippen molar-refractivity contribution in [2.45, 2.75) is 26.7 Å². The molecule has 6 heteroatoms. The Morgan fingerprint density at radius 3 is 2.57 bits per heavy atom. The molecule has 1 aliphatic rings. The van der Waals surface area contributed by atoms with Crippen LogP contribution in [0, 0.1) is 5.92 Å². The van der Waals surface area contributed by atoms with Gasteiger partial charge in [-0.2, -0.15) is 0 Å². The third-order valence-corrected chi connectivity index (χ3v) is 3.85. The SMILES string of the molecule is CCOc1ccc(C(=O)N2CCC[C@H](C(=O)O)C2)cc1OCC. The molecule has 0 bridgehead atoms. The largest absolute Gasteiger partial charge is 0.490 e. The third kappa shape index (κ3) is 4.15. The van der Waals surface area contributed by atoms with Crippen molar-refractivity contribution in [3.8, 4) is 11.5 Å². The predicted molar refractivity (Wildman–Crippen MR) is 85.0 cm³/mol. The quantitative estimate of drug-likeness (QED) is 0.871. The zero-order valence-electron chi connectivity index (χ0n) is 13.6. The van der Waals surface area contributed by atoms with Gasteiger partial charge in [0, 0.05) is 18.7 Å². The zero-order chi connectivity index (χ0) is 16.8. The highest BCUT2D eigenvalue weighted by molar-refractivity contribution is 5.95. The second-order valence-corrected chi connectivity index (χ2v) is 5.46. The molecule has 1 amide bonds. The topological polar surface area (TPSA) is 76.1 Å². The first-order chi connectivity index (χ1) is 11.1. The molecule has 0 aromatic heterocycles. The van der Waals surface area contributed by atoms with Gasteiger partial charge in [-0.05, 0) is 44.9 Å². The number of likely N-dealkylation sites (tertiary alicyclic amines) is 1. The molecule has 23 heavy (non-hydrogen) atoms. The Hall–Kier alpha value is -2.24. The second kappa shape index (κ2) is 7.85. The molecule has 0 aliphatic carbocycles. The van der Waals surface area contributed by atoms with Crippen LogP contribution in [0.1, 0.15) is 37.0 Å². The molecule has 1 aliphatic heterocycles. The number of hydrogen-bond acceptors (Lipinski definition) is 4. The third-order valence-electron chi connectivity index (χ3n) is 3.85. The van der Waals surface area contributed by atoms with Gasteiger partial charge >= 0.3 is 5.97 Å². The summed E-state index contributed by atoms with van der Waals surface area (Å²) in [7, 11) is 0. The highest BCUT2D eigenvalue weighted by atomic mass is 16.5. The average molecular weight is 321 g/mol. The maximum absolute atomic E-state index is 12.6. The molecule has 0 unspecified atom stereocenters. The summed E-state index contributed by atoms with van der Waals surface area (Å²) in [5.41, 5.74) is 0.489. The van der Waals surface area contributed by atoms with Crippen LogP contribution in [0.3, 0.4) is 0 Å². The van der Waals surface area contributed by atoms with Crippen LogP contribution in [0.4, 0.5) is 0 Å². The molecule has 1 heterocycles. The van der Waals surface area contributed by atoms with Crippen molar-refractivity contribution in [2.75, 3.05) is 26.3 Å². The Kier molecular flexibility index (Phi) is 5.84. The number of aliphatic carboxylic acids is 1. The van der Waals surface area contributed by atoms with Gasteiger partial charge in [0.25, 0.3) is 5.91 Å². The maximum atomic E-state index is 12.6.